The van der Waals surface area contributed by atoms with E-state index in [-0.39, 0.29) is 11.3 Å². The Hall–Kier alpha value is -2.58. The fourth-order valence-electron chi connectivity index (χ4n) is 1.65. The molecule has 0 bridgehead atoms. The van der Waals surface area contributed by atoms with E-state index in [1.807, 2.05) is 0 Å². The lowest BCUT2D eigenvalue weighted by molar-refractivity contribution is -0.143. The molecule has 106 valence electrons. The van der Waals surface area contributed by atoms with E-state index in [1.54, 1.807) is 24.3 Å². The molecule has 0 N–H and O–H groups in total. The normalized spacial score (nSPS) is 10.8. The first kappa shape index (κ1) is 14.8. The molecule has 0 fully saturated rings. The lowest BCUT2D eigenvalue weighted by Gasteiger charge is -2.04. The molecule has 0 unspecified atom stereocenters. The molecule has 0 spiro atoms. The van der Waals surface area contributed by atoms with E-state index in [0.29, 0.717) is 9.75 Å². The summed E-state index contributed by atoms with van der Waals surface area (Å²) in [4.78, 5) is 1.13. The molecule has 0 aliphatic heterocycles. The van der Waals surface area contributed by atoms with Crippen molar-refractivity contribution in [3.05, 3.63) is 34.3 Å². The van der Waals surface area contributed by atoms with E-state index >= 15 is 0 Å². The highest BCUT2D eigenvalue weighted by Gasteiger charge is 2.35. The van der Waals surface area contributed by atoms with E-state index in [1.165, 1.54) is 13.1 Å². The number of aryl methyl sites for hydroxylation is 1. The Bertz CT molecular complexity index is 768. The zero-order valence-corrected chi connectivity index (χ0v) is 11.5. The lowest BCUT2D eigenvalue weighted by atomic mass is 10.2. The van der Waals surface area contributed by atoms with E-state index < -0.39 is 11.9 Å². The minimum absolute atomic E-state index is 0.0691. The maximum absolute atomic E-state index is 12.7. The van der Waals surface area contributed by atoms with Gasteiger partial charge >= 0.3 is 6.18 Å². The molecule has 4 nitrogen and oxygen atoms in total. The van der Waals surface area contributed by atoms with Gasteiger partial charge in [-0.3, -0.25) is 4.68 Å². The predicted octanol–water partition coefficient (Wildman–Crippen LogP) is 3.60. The highest BCUT2D eigenvalue weighted by atomic mass is 32.1. The van der Waals surface area contributed by atoms with E-state index in [0.717, 1.165) is 22.1 Å². The van der Waals surface area contributed by atoms with Gasteiger partial charge in [0.15, 0.2) is 0 Å². The van der Waals surface area contributed by atoms with Gasteiger partial charge in [0, 0.05) is 11.9 Å². The van der Waals surface area contributed by atoms with Crippen molar-refractivity contribution in [1.29, 1.82) is 10.5 Å². The summed E-state index contributed by atoms with van der Waals surface area (Å²) in [5.74, 6) is 0. The number of allylic oxidation sites excluding steroid dienone is 1. The number of rotatable bonds is 2. The second kappa shape index (κ2) is 5.43. The van der Waals surface area contributed by atoms with Crippen molar-refractivity contribution in [2.24, 2.45) is 7.05 Å². The van der Waals surface area contributed by atoms with Crippen LogP contribution in [0.15, 0.2) is 23.8 Å². The maximum Gasteiger partial charge on any atom is 0.433 e. The van der Waals surface area contributed by atoms with Gasteiger partial charge < -0.3 is 0 Å². The third-order valence-corrected chi connectivity index (χ3v) is 3.63. The highest BCUT2D eigenvalue weighted by Crippen LogP contribution is 2.34. The Morgan fingerprint density at radius 3 is 2.52 bits per heavy atom. The molecule has 0 aromatic carbocycles. The molecule has 2 heterocycles. The van der Waals surface area contributed by atoms with E-state index in [2.05, 4.69) is 5.10 Å². The van der Waals surface area contributed by atoms with Crippen LogP contribution in [0.25, 0.3) is 16.6 Å². The van der Waals surface area contributed by atoms with E-state index in [9.17, 15) is 13.2 Å². The molecule has 0 aliphatic carbocycles. The van der Waals surface area contributed by atoms with E-state index in [4.69, 9.17) is 10.5 Å². The fraction of sp³-hybridized carbons (Fsp3) is 0.154. The third-order valence-electron chi connectivity index (χ3n) is 2.58. The number of thiophene rings is 1. The van der Waals surface area contributed by atoms with Gasteiger partial charge in [0.1, 0.15) is 29.1 Å². The van der Waals surface area contributed by atoms with Crippen LogP contribution < -0.4 is 0 Å². The highest BCUT2D eigenvalue weighted by molar-refractivity contribution is 7.16. The molecule has 0 saturated carbocycles. The van der Waals surface area contributed by atoms with Crippen LogP contribution in [-0.4, -0.2) is 9.78 Å². The zero-order valence-electron chi connectivity index (χ0n) is 10.6. The molecule has 2 aromatic rings. The molecule has 0 amide bonds. The van der Waals surface area contributed by atoms with Crippen molar-refractivity contribution in [3.8, 4) is 22.7 Å². The number of alkyl halides is 3. The van der Waals surface area contributed by atoms with Gasteiger partial charge in [-0.2, -0.15) is 28.8 Å². The maximum atomic E-state index is 12.7. The zero-order chi connectivity index (χ0) is 15.6. The third kappa shape index (κ3) is 3.12. The average molecular weight is 308 g/mol. The molecule has 0 atom stereocenters. The van der Waals surface area contributed by atoms with Crippen LogP contribution >= 0.6 is 11.3 Å². The van der Waals surface area contributed by atoms with Gasteiger partial charge in [-0.05, 0) is 24.3 Å². The smallest absolute Gasteiger partial charge is 0.263 e. The van der Waals surface area contributed by atoms with Gasteiger partial charge in [-0.25, -0.2) is 0 Å². The van der Waals surface area contributed by atoms with Gasteiger partial charge in [0.05, 0.1) is 4.88 Å². The molecule has 8 heteroatoms. The topological polar surface area (TPSA) is 65.4 Å². The first-order chi connectivity index (χ1) is 9.85. The minimum atomic E-state index is -4.46. The summed E-state index contributed by atoms with van der Waals surface area (Å²) >= 11 is 1.16. The van der Waals surface area contributed by atoms with Crippen LogP contribution in [-0.2, 0) is 13.2 Å². The van der Waals surface area contributed by atoms with Crippen LogP contribution in [0.2, 0.25) is 0 Å². The van der Waals surface area contributed by atoms with Gasteiger partial charge in [0.2, 0.25) is 0 Å². The SMILES string of the molecule is Cn1nc(-c2ccc(C=C(C#N)C#N)s2)cc1C(F)(F)F. The average Bonchev–Trinajstić information content (AvgIpc) is 3.01. The molecule has 0 radical (unpaired) electrons. The van der Waals surface area contributed by atoms with Crippen molar-refractivity contribution in [2.45, 2.75) is 6.18 Å². The Balaban J connectivity index is 2.38. The van der Waals surface area contributed by atoms with Crippen molar-refractivity contribution in [3.63, 3.8) is 0 Å². The molecule has 0 aliphatic rings. The Morgan fingerprint density at radius 2 is 2.00 bits per heavy atom. The summed E-state index contributed by atoms with van der Waals surface area (Å²) in [5.41, 5.74) is -0.705. The first-order valence-electron chi connectivity index (χ1n) is 5.58. The quantitative estimate of drug-likeness (QED) is 0.796. The summed E-state index contributed by atoms with van der Waals surface area (Å²) in [6.45, 7) is 0. The summed E-state index contributed by atoms with van der Waals surface area (Å²) in [6.07, 6.45) is -3.09. The molecule has 2 rings (SSSR count). The van der Waals surface area contributed by atoms with Gasteiger partial charge in [0.25, 0.3) is 0 Å². The molecule has 0 saturated heterocycles. The number of hydrogen-bond donors (Lipinski definition) is 0. The minimum Gasteiger partial charge on any atom is -0.263 e. The first-order valence-corrected chi connectivity index (χ1v) is 6.40. The largest absolute Gasteiger partial charge is 0.433 e. The Kier molecular flexibility index (Phi) is 3.83. The summed E-state index contributed by atoms with van der Waals surface area (Å²) in [5, 5.41) is 21.2. The van der Waals surface area contributed by atoms with Crippen molar-refractivity contribution in [2.75, 3.05) is 0 Å². The number of nitriles is 2. The van der Waals surface area contributed by atoms with Gasteiger partial charge in [-0.1, -0.05) is 0 Å². The van der Waals surface area contributed by atoms with Crippen molar-refractivity contribution in [1.82, 2.24) is 9.78 Å². The molecule has 21 heavy (non-hydrogen) atoms. The summed E-state index contributed by atoms with van der Waals surface area (Å²) in [6, 6.07) is 7.63. The van der Waals surface area contributed by atoms with Crippen LogP contribution in [0.4, 0.5) is 13.2 Å². The number of aromatic nitrogens is 2. The van der Waals surface area contributed by atoms with Crippen LogP contribution in [0.1, 0.15) is 10.6 Å². The second-order valence-electron chi connectivity index (χ2n) is 4.02. The number of nitrogens with zero attached hydrogens (tertiary/aromatic N) is 4. The number of halogens is 3. The summed E-state index contributed by atoms with van der Waals surface area (Å²) < 4.78 is 38.9. The molecule has 2 aromatic heterocycles. The van der Waals surface area contributed by atoms with Crippen molar-refractivity contribution >= 4 is 17.4 Å². The molecular formula is C13H7F3N4S. The standard InChI is InChI=1S/C13H7F3N4S/c1-20-12(13(14,15)16)5-10(19-20)11-3-2-9(21-11)4-8(6-17)7-18/h2-5H,1H3. The van der Waals surface area contributed by atoms with Crippen LogP contribution in [0.3, 0.4) is 0 Å². The van der Waals surface area contributed by atoms with Gasteiger partial charge in [-0.15, -0.1) is 11.3 Å². The monoisotopic (exact) mass is 308 g/mol. The predicted molar refractivity (Wildman–Crippen MR) is 70.7 cm³/mol. The van der Waals surface area contributed by atoms with Crippen LogP contribution in [0, 0.1) is 22.7 Å². The van der Waals surface area contributed by atoms with Crippen molar-refractivity contribution < 1.29 is 13.2 Å². The lowest BCUT2D eigenvalue weighted by Crippen LogP contribution is -2.11. The Morgan fingerprint density at radius 1 is 1.33 bits per heavy atom. The number of hydrogen-bond acceptors (Lipinski definition) is 4. The fourth-order valence-corrected chi connectivity index (χ4v) is 2.56. The molecular weight excluding hydrogens is 301 g/mol. The second-order valence-corrected chi connectivity index (χ2v) is 5.14. The summed E-state index contributed by atoms with van der Waals surface area (Å²) in [7, 11) is 1.23. The van der Waals surface area contributed by atoms with Crippen LogP contribution in [0.5, 0.6) is 0 Å². The Labute approximate surface area is 122 Å².